The van der Waals surface area contributed by atoms with Crippen LogP contribution in [0.2, 0.25) is 0 Å². The topological polar surface area (TPSA) is 46.5 Å². The maximum absolute atomic E-state index is 11.9. The largest absolute Gasteiger partial charge is 0.474 e. The molecule has 7 heteroatoms. The molecule has 0 radical (unpaired) electrons. The highest BCUT2D eigenvalue weighted by molar-refractivity contribution is 7.93. The SMILES string of the molecule is CS(=O)(=NC(=O)C(F)(F)F)c1ccccc1. The predicted octanol–water partition coefficient (Wildman–Crippen LogP) is 2.23. The van der Waals surface area contributed by atoms with Crippen LogP contribution in [-0.4, -0.2) is 22.5 Å². The molecule has 1 aromatic carbocycles. The van der Waals surface area contributed by atoms with Crippen molar-refractivity contribution in [3.63, 3.8) is 0 Å². The van der Waals surface area contributed by atoms with Gasteiger partial charge in [-0.2, -0.15) is 13.2 Å². The van der Waals surface area contributed by atoms with Gasteiger partial charge in [0.1, 0.15) is 0 Å². The smallest absolute Gasteiger partial charge is 0.261 e. The molecule has 0 aliphatic heterocycles. The molecular formula is C9H8F3NO2S. The third-order valence-electron chi connectivity index (χ3n) is 1.68. The number of amides is 1. The van der Waals surface area contributed by atoms with E-state index < -0.39 is 21.8 Å². The van der Waals surface area contributed by atoms with Crippen LogP contribution in [0, 0.1) is 0 Å². The van der Waals surface area contributed by atoms with Crippen molar-refractivity contribution in [2.45, 2.75) is 11.1 Å². The number of alkyl halides is 3. The summed E-state index contributed by atoms with van der Waals surface area (Å²) in [5.74, 6) is -2.33. The molecule has 0 aliphatic carbocycles. The molecule has 1 rings (SSSR count). The van der Waals surface area contributed by atoms with E-state index >= 15 is 0 Å². The van der Waals surface area contributed by atoms with Crippen molar-refractivity contribution in [1.82, 2.24) is 0 Å². The van der Waals surface area contributed by atoms with Crippen LogP contribution in [-0.2, 0) is 14.5 Å². The number of hydrogen-bond acceptors (Lipinski definition) is 2. The molecule has 0 aromatic heterocycles. The van der Waals surface area contributed by atoms with Gasteiger partial charge in [0.25, 0.3) is 0 Å². The maximum atomic E-state index is 11.9. The van der Waals surface area contributed by atoms with Crippen LogP contribution >= 0.6 is 0 Å². The molecule has 0 saturated heterocycles. The summed E-state index contributed by atoms with van der Waals surface area (Å²) < 4.78 is 50.3. The number of hydrogen-bond donors (Lipinski definition) is 0. The molecule has 0 heterocycles. The van der Waals surface area contributed by atoms with Crippen LogP contribution in [0.4, 0.5) is 13.2 Å². The lowest BCUT2D eigenvalue weighted by molar-refractivity contribution is -0.169. The van der Waals surface area contributed by atoms with Crippen molar-refractivity contribution >= 4 is 15.6 Å². The highest BCUT2D eigenvalue weighted by Gasteiger charge is 2.39. The monoisotopic (exact) mass is 251 g/mol. The van der Waals surface area contributed by atoms with Gasteiger partial charge >= 0.3 is 12.1 Å². The van der Waals surface area contributed by atoms with E-state index in [1.807, 2.05) is 0 Å². The van der Waals surface area contributed by atoms with E-state index in [0.29, 0.717) is 0 Å². The molecule has 16 heavy (non-hydrogen) atoms. The van der Waals surface area contributed by atoms with E-state index in [1.165, 1.54) is 24.3 Å². The highest BCUT2D eigenvalue weighted by atomic mass is 32.2. The Hall–Kier alpha value is -1.37. The Morgan fingerprint density at radius 3 is 2.19 bits per heavy atom. The van der Waals surface area contributed by atoms with Crippen molar-refractivity contribution in [3.05, 3.63) is 30.3 Å². The summed E-state index contributed by atoms with van der Waals surface area (Å²) >= 11 is 0. The second kappa shape index (κ2) is 4.25. The lowest BCUT2D eigenvalue weighted by Crippen LogP contribution is -2.21. The third kappa shape index (κ3) is 3.06. The quantitative estimate of drug-likeness (QED) is 0.768. The fraction of sp³-hybridized carbons (Fsp3) is 0.222. The Kier molecular flexibility index (Phi) is 3.37. The minimum absolute atomic E-state index is 0.0904. The zero-order valence-corrected chi connectivity index (χ0v) is 9.01. The fourth-order valence-electron chi connectivity index (χ4n) is 0.936. The zero-order chi connectivity index (χ0) is 12.4. The zero-order valence-electron chi connectivity index (χ0n) is 8.19. The normalized spacial score (nSPS) is 15.2. The van der Waals surface area contributed by atoms with Gasteiger partial charge in [-0.05, 0) is 12.1 Å². The number of halogens is 3. The summed E-state index contributed by atoms with van der Waals surface area (Å²) in [6.45, 7) is 0. The standard InChI is InChI=1S/C9H8F3NO2S/c1-16(15,7-5-3-2-4-6-7)13-8(14)9(10,11)12/h2-6H,1H3. The summed E-state index contributed by atoms with van der Waals surface area (Å²) in [5.41, 5.74) is 0. The first-order valence-corrected chi connectivity index (χ1v) is 6.04. The van der Waals surface area contributed by atoms with Crippen LogP contribution < -0.4 is 0 Å². The van der Waals surface area contributed by atoms with Gasteiger partial charge in [0.2, 0.25) is 0 Å². The van der Waals surface area contributed by atoms with E-state index in [1.54, 1.807) is 6.07 Å². The average molecular weight is 251 g/mol. The Labute approximate surface area is 90.5 Å². The van der Waals surface area contributed by atoms with E-state index in [-0.39, 0.29) is 4.90 Å². The minimum Gasteiger partial charge on any atom is -0.261 e. The van der Waals surface area contributed by atoms with E-state index in [0.717, 1.165) is 6.26 Å². The molecule has 0 bridgehead atoms. The van der Waals surface area contributed by atoms with Crippen LogP contribution in [0.5, 0.6) is 0 Å². The molecular weight excluding hydrogens is 243 g/mol. The van der Waals surface area contributed by atoms with Crippen molar-refractivity contribution in [3.8, 4) is 0 Å². The van der Waals surface area contributed by atoms with E-state index in [4.69, 9.17) is 0 Å². The Bertz CT molecular complexity index is 501. The van der Waals surface area contributed by atoms with Crippen LogP contribution in [0.3, 0.4) is 0 Å². The van der Waals surface area contributed by atoms with E-state index in [9.17, 15) is 22.2 Å². The summed E-state index contributed by atoms with van der Waals surface area (Å²) in [6, 6.07) is 7.34. The number of carbonyl (C=O) groups excluding carboxylic acids is 1. The summed E-state index contributed by atoms with van der Waals surface area (Å²) in [5, 5.41) is 0. The first-order chi connectivity index (χ1) is 7.23. The minimum atomic E-state index is -5.09. The van der Waals surface area contributed by atoms with Crippen LogP contribution in [0.15, 0.2) is 39.6 Å². The molecule has 1 amide bonds. The Morgan fingerprint density at radius 1 is 1.25 bits per heavy atom. The van der Waals surface area contributed by atoms with Gasteiger partial charge in [-0.1, -0.05) is 18.2 Å². The first-order valence-electron chi connectivity index (χ1n) is 4.12. The lowest BCUT2D eigenvalue weighted by atomic mass is 10.4. The van der Waals surface area contributed by atoms with E-state index in [2.05, 4.69) is 4.36 Å². The Balaban J connectivity index is 3.19. The van der Waals surface area contributed by atoms with Gasteiger partial charge in [0.05, 0.1) is 9.73 Å². The molecule has 0 spiro atoms. The Morgan fingerprint density at radius 2 is 1.75 bits per heavy atom. The van der Waals surface area contributed by atoms with Gasteiger partial charge in [-0.25, -0.2) is 4.21 Å². The first kappa shape index (κ1) is 12.7. The van der Waals surface area contributed by atoms with Gasteiger partial charge in [0.15, 0.2) is 0 Å². The van der Waals surface area contributed by atoms with Gasteiger partial charge in [0, 0.05) is 11.2 Å². The predicted molar refractivity (Wildman–Crippen MR) is 52.3 cm³/mol. The molecule has 1 aromatic rings. The van der Waals surface area contributed by atoms with Gasteiger partial charge < -0.3 is 0 Å². The highest BCUT2D eigenvalue weighted by Crippen LogP contribution is 2.19. The van der Waals surface area contributed by atoms with Crippen LogP contribution in [0.1, 0.15) is 0 Å². The summed E-state index contributed by atoms with van der Waals surface area (Å²) in [7, 11) is -3.34. The molecule has 0 N–H and O–H groups in total. The summed E-state index contributed by atoms with van der Waals surface area (Å²) in [6.07, 6.45) is -4.10. The third-order valence-corrected chi connectivity index (χ3v) is 3.34. The molecule has 0 saturated carbocycles. The molecule has 88 valence electrons. The molecule has 1 unspecified atom stereocenters. The number of nitrogens with zero attached hydrogens (tertiary/aromatic N) is 1. The van der Waals surface area contributed by atoms with Crippen molar-refractivity contribution in [2.75, 3.05) is 6.26 Å². The summed E-state index contributed by atoms with van der Waals surface area (Å²) in [4.78, 5) is 10.7. The van der Waals surface area contributed by atoms with Crippen molar-refractivity contribution in [2.24, 2.45) is 4.36 Å². The van der Waals surface area contributed by atoms with Crippen molar-refractivity contribution < 1.29 is 22.2 Å². The molecule has 3 nitrogen and oxygen atoms in total. The number of rotatable bonds is 1. The van der Waals surface area contributed by atoms with Crippen LogP contribution in [0.25, 0.3) is 0 Å². The molecule has 0 aliphatic rings. The lowest BCUT2D eigenvalue weighted by Gasteiger charge is -2.04. The number of carbonyl (C=O) groups is 1. The molecule has 1 atom stereocenters. The van der Waals surface area contributed by atoms with Gasteiger partial charge in [-0.15, -0.1) is 4.36 Å². The fourth-order valence-corrected chi connectivity index (χ4v) is 2.12. The maximum Gasteiger partial charge on any atom is 0.474 e. The second-order valence-electron chi connectivity index (χ2n) is 3.01. The van der Waals surface area contributed by atoms with Crippen molar-refractivity contribution in [1.29, 1.82) is 0 Å². The number of benzene rings is 1. The second-order valence-corrected chi connectivity index (χ2v) is 5.27. The van der Waals surface area contributed by atoms with Gasteiger partial charge in [-0.3, -0.25) is 4.79 Å². The average Bonchev–Trinajstić information content (AvgIpc) is 2.17. The molecule has 0 fully saturated rings.